The summed E-state index contributed by atoms with van der Waals surface area (Å²) in [6.07, 6.45) is 0. The maximum Gasteiger partial charge on any atom is 0.230 e. The van der Waals surface area contributed by atoms with Gasteiger partial charge >= 0.3 is 0 Å². The Morgan fingerprint density at radius 3 is 2.85 bits per heavy atom. The van der Waals surface area contributed by atoms with E-state index < -0.39 is 0 Å². The van der Waals surface area contributed by atoms with E-state index in [9.17, 15) is 4.79 Å². The van der Waals surface area contributed by atoms with E-state index in [2.05, 4.69) is 39.6 Å². The van der Waals surface area contributed by atoms with Crippen molar-refractivity contribution < 1.29 is 4.79 Å². The van der Waals surface area contributed by atoms with Crippen molar-refractivity contribution in [3.8, 4) is 0 Å². The molecular formula is C13H17N5OS. The number of nitrogens with zero attached hydrogens (tertiary/aromatic N) is 2. The van der Waals surface area contributed by atoms with Gasteiger partial charge < -0.3 is 11.1 Å². The van der Waals surface area contributed by atoms with Crippen LogP contribution >= 0.6 is 11.8 Å². The van der Waals surface area contributed by atoms with Gasteiger partial charge in [-0.15, -0.1) is 5.10 Å². The van der Waals surface area contributed by atoms with Gasteiger partial charge in [0.2, 0.25) is 17.0 Å². The summed E-state index contributed by atoms with van der Waals surface area (Å²) in [5, 5.41) is 9.76. The molecule has 4 N–H and O–H groups in total. The lowest BCUT2D eigenvalue weighted by molar-refractivity contribution is -0.118. The van der Waals surface area contributed by atoms with Crippen molar-refractivity contribution in [1.29, 1.82) is 0 Å². The smallest absolute Gasteiger partial charge is 0.230 e. The standard InChI is InChI=1S/C13H17N5OS/c1-9(10-5-3-2-4-6-10)7-15-11(19)8-20-13-16-12(14)17-18-13/h2-6,9H,7-8H2,1H3,(H,15,19)(H3,14,16,17,18)/t9-/m1/s1. The van der Waals surface area contributed by atoms with Crippen molar-refractivity contribution in [3.05, 3.63) is 35.9 Å². The maximum atomic E-state index is 11.7. The fourth-order valence-corrected chi connectivity index (χ4v) is 2.31. The number of carbonyl (C=O) groups is 1. The number of anilines is 1. The zero-order valence-corrected chi connectivity index (χ0v) is 12.0. The Balaban J connectivity index is 1.72. The molecule has 0 aliphatic carbocycles. The van der Waals surface area contributed by atoms with E-state index >= 15 is 0 Å². The summed E-state index contributed by atoms with van der Waals surface area (Å²) < 4.78 is 0. The molecule has 0 saturated carbocycles. The number of nitrogens with two attached hydrogens (primary N) is 1. The fourth-order valence-electron chi connectivity index (χ4n) is 1.67. The molecule has 1 amide bonds. The second-order valence-corrected chi connectivity index (χ2v) is 5.35. The van der Waals surface area contributed by atoms with Gasteiger partial charge in [0.25, 0.3) is 0 Å². The lowest BCUT2D eigenvalue weighted by Gasteiger charge is -2.12. The molecule has 0 bridgehead atoms. The molecule has 0 fully saturated rings. The average molecular weight is 291 g/mol. The monoisotopic (exact) mass is 291 g/mol. The number of thioether (sulfide) groups is 1. The molecule has 0 unspecified atom stereocenters. The number of amides is 1. The SMILES string of the molecule is C[C@H](CNC(=O)CSc1n[nH]c(N)n1)c1ccccc1. The minimum atomic E-state index is -0.0406. The van der Waals surface area contributed by atoms with Crippen LogP contribution in [0, 0.1) is 0 Å². The molecule has 106 valence electrons. The molecule has 20 heavy (non-hydrogen) atoms. The van der Waals surface area contributed by atoms with Gasteiger partial charge in [-0.3, -0.25) is 4.79 Å². The Bertz CT molecular complexity index is 557. The summed E-state index contributed by atoms with van der Waals surface area (Å²) in [4.78, 5) is 15.6. The maximum absolute atomic E-state index is 11.7. The minimum absolute atomic E-state index is 0.0406. The highest BCUT2D eigenvalue weighted by atomic mass is 32.2. The normalized spacial score (nSPS) is 12.1. The number of benzene rings is 1. The van der Waals surface area contributed by atoms with Crippen LogP contribution in [0.2, 0.25) is 0 Å². The molecule has 0 radical (unpaired) electrons. The quantitative estimate of drug-likeness (QED) is 0.699. The van der Waals surface area contributed by atoms with Gasteiger partial charge in [0.05, 0.1) is 5.75 Å². The summed E-state index contributed by atoms with van der Waals surface area (Å²) in [5.74, 6) is 0.773. The van der Waals surface area contributed by atoms with Gasteiger partial charge in [0.15, 0.2) is 0 Å². The van der Waals surface area contributed by atoms with Crippen molar-refractivity contribution >= 4 is 23.6 Å². The number of aromatic nitrogens is 3. The van der Waals surface area contributed by atoms with Gasteiger partial charge in [-0.2, -0.15) is 4.98 Å². The van der Waals surface area contributed by atoms with Crippen LogP contribution in [-0.2, 0) is 4.79 Å². The second-order valence-electron chi connectivity index (χ2n) is 4.41. The molecule has 1 heterocycles. The predicted molar refractivity (Wildman–Crippen MR) is 79.4 cm³/mol. The Hall–Kier alpha value is -2.02. The third-order valence-electron chi connectivity index (χ3n) is 2.79. The largest absolute Gasteiger partial charge is 0.368 e. The molecule has 1 aromatic heterocycles. The van der Waals surface area contributed by atoms with Crippen molar-refractivity contribution in [2.45, 2.75) is 18.0 Å². The number of nitrogens with one attached hydrogen (secondary N) is 2. The highest BCUT2D eigenvalue weighted by Gasteiger charge is 2.09. The molecule has 7 heteroatoms. The van der Waals surface area contributed by atoms with Gasteiger partial charge in [-0.25, -0.2) is 5.10 Å². The topological polar surface area (TPSA) is 96.7 Å². The Morgan fingerprint density at radius 1 is 1.45 bits per heavy atom. The summed E-state index contributed by atoms with van der Waals surface area (Å²) >= 11 is 1.25. The van der Waals surface area contributed by atoms with Gasteiger partial charge in [-0.05, 0) is 11.5 Å². The molecule has 2 aromatic rings. The first-order valence-electron chi connectivity index (χ1n) is 6.27. The van der Waals surface area contributed by atoms with Gasteiger partial charge in [0.1, 0.15) is 0 Å². The lowest BCUT2D eigenvalue weighted by atomic mass is 10.0. The summed E-state index contributed by atoms with van der Waals surface area (Å²) in [5.41, 5.74) is 6.62. The number of hydrogen-bond acceptors (Lipinski definition) is 5. The molecule has 1 atom stereocenters. The highest BCUT2D eigenvalue weighted by molar-refractivity contribution is 7.99. The van der Waals surface area contributed by atoms with E-state index in [-0.39, 0.29) is 23.5 Å². The van der Waals surface area contributed by atoms with Crippen molar-refractivity contribution in [3.63, 3.8) is 0 Å². The van der Waals surface area contributed by atoms with Crippen LogP contribution in [0.5, 0.6) is 0 Å². The zero-order valence-electron chi connectivity index (χ0n) is 11.2. The van der Waals surface area contributed by atoms with E-state index in [1.807, 2.05) is 18.2 Å². The first-order chi connectivity index (χ1) is 9.65. The van der Waals surface area contributed by atoms with Crippen LogP contribution in [0.3, 0.4) is 0 Å². The number of H-pyrrole nitrogens is 1. The predicted octanol–water partition coefficient (Wildman–Crippen LogP) is 1.40. The van der Waals surface area contributed by atoms with E-state index in [1.54, 1.807) is 0 Å². The van der Waals surface area contributed by atoms with E-state index in [1.165, 1.54) is 17.3 Å². The molecule has 0 spiro atoms. The molecule has 2 rings (SSSR count). The van der Waals surface area contributed by atoms with Gasteiger partial charge in [0, 0.05) is 6.54 Å². The number of nitrogen functional groups attached to an aromatic ring is 1. The Kier molecular flexibility index (Phi) is 5.00. The molecule has 0 saturated heterocycles. The molecule has 0 aliphatic heterocycles. The zero-order chi connectivity index (χ0) is 14.4. The Morgan fingerprint density at radius 2 is 2.20 bits per heavy atom. The molecular weight excluding hydrogens is 274 g/mol. The van der Waals surface area contributed by atoms with Crippen molar-refractivity contribution in [1.82, 2.24) is 20.5 Å². The Labute approximate surface area is 121 Å². The first-order valence-corrected chi connectivity index (χ1v) is 7.26. The van der Waals surface area contributed by atoms with E-state index in [0.717, 1.165) is 0 Å². The second kappa shape index (κ2) is 6.95. The summed E-state index contributed by atoms with van der Waals surface area (Å²) in [7, 11) is 0. The fraction of sp³-hybridized carbons (Fsp3) is 0.308. The summed E-state index contributed by atoms with van der Waals surface area (Å²) in [6, 6.07) is 10.1. The third kappa shape index (κ3) is 4.27. The number of rotatable bonds is 6. The van der Waals surface area contributed by atoms with E-state index in [4.69, 9.17) is 5.73 Å². The lowest BCUT2D eigenvalue weighted by Crippen LogP contribution is -2.29. The van der Waals surface area contributed by atoms with Crippen molar-refractivity contribution in [2.75, 3.05) is 18.0 Å². The average Bonchev–Trinajstić information content (AvgIpc) is 2.89. The minimum Gasteiger partial charge on any atom is -0.368 e. The van der Waals surface area contributed by atoms with Gasteiger partial charge in [-0.1, -0.05) is 49.0 Å². The van der Waals surface area contributed by atoms with Crippen molar-refractivity contribution in [2.24, 2.45) is 0 Å². The van der Waals surface area contributed by atoms with Crippen LogP contribution in [0.25, 0.3) is 0 Å². The first kappa shape index (κ1) is 14.4. The van der Waals surface area contributed by atoms with Crippen LogP contribution in [-0.4, -0.2) is 33.4 Å². The van der Waals surface area contributed by atoms with Crippen LogP contribution in [0.4, 0.5) is 5.95 Å². The summed E-state index contributed by atoms with van der Waals surface area (Å²) in [6.45, 7) is 2.69. The van der Waals surface area contributed by atoms with Crippen LogP contribution in [0.15, 0.2) is 35.5 Å². The molecule has 6 nitrogen and oxygen atoms in total. The number of carbonyl (C=O) groups excluding carboxylic acids is 1. The van der Waals surface area contributed by atoms with Crippen LogP contribution in [0.1, 0.15) is 18.4 Å². The number of aromatic amines is 1. The molecule has 1 aromatic carbocycles. The van der Waals surface area contributed by atoms with E-state index in [0.29, 0.717) is 11.7 Å². The highest BCUT2D eigenvalue weighted by Crippen LogP contribution is 2.14. The third-order valence-corrected chi connectivity index (χ3v) is 3.64. The van der Waals surface area contributed by atoms with Crippen LogP contribution < -0.4 is 11.1 Å². The number of hydrogen-bond donors (Lipinski definition) is 3. The molecule has 0 aliphatic rings.